The summed E-state index contributed by atoms with van der Waals surface area (Å²) in [7, 11) is -2.17. The van der Waals surface area contributed by atoms with Gasteiger partial charge in [-0.3, -0.25) is 4.79 Å². The fraction of sp³-hybridized carbons (Fsp3) is 0.263. The second kappa shape index (κ2) is 9.85. The molecule has 0 unspecified atom stereocenters. The number of hydrogen-bond donors (Lipinski definition) is 2. The highest BCUT2D eigenvalue weighted by Crippen LogP contribution is 2.14. The Kier molecular flexibility index (Phi) is 7.52. The van der Waals surface area contributed by atoms with Gasteiger partial charge in [-0.25, -0.2) is 13.1 Å². The minimum atomic E-state index is -3.67. The minimum Gasteiger partial charge on any atom is -0.460 e. The molecule has 0 saturated heterocycles. The first-order valence-electron chi connectivity index (χ1n) is 8.39. The van der Waals surface area contributed by atoms with Crippen LogP contribution >= 0.6 is 0 Å². The Labute approximate surface area is 163 Å². The maximum absolute atomic E-state index is 12.3. The molecule has 2 N–H and O–H groups in total. The average molecular weight is 403 g/mol. The van der Waals surface area contributed by atoms with Crippen molar-refractivity contribution in [3.8, 4) is 6.07 Å². The van der Waals surface area contributed by atoms with Crippen molar-refractivity contribution in [1.29, 1.82) is 5.26 Å². The molecular weight excluding hydrogens is 382 g/mol. The van der Waals surface area contributed by atoms with Crippen LogP contribution in [0.2, 0.25) is 0 Å². The van der Waals surface area contributed by atoms with E-state index in [0.29, 0.717) is 12.4 Å². The van der Waals surface area contributed by atoms with E-state index in [-0.39, 0.29) is 29.3 Å². The molecule has 0 fully saturated rings. The van der Waals surface area contributed by atoms with Crippen LogP contribution in [-0.2, 0) is 26.1 Å². The topological polar surface area (TPSA) is 121 Å². The number of benzene rings is 1. The van der Waals surface area contributed by atoms with Crippen molar-refractivity contribution in [3.63, 3.8) is 0 Å². The quantitative estimate of drug-likeness (QED) is 0.374. The van der Waals surface area contributed by atoms with Crippen LogP contribution in [0.5, 0.6) is 0 Å². The smallest absolute Gasteiger partial charge is 0.262 e. The van der Waals surface area contributed by atoms with Gasteiger partial charge in [0.1, 0.15) is 23.2 Å². The summed E-state index contributed by atoms with van der Waals surface area (Å²) >= 11 is 0. The average Bonchev–Trinajstić information content (AvgIpc) is 3.12. The van der Waals surface area contributed by atoms with E-state index in [1.54, 1.807) is 30.3 Å². The van der Waals surface area contributed by atoms with Gasteiger partial charge in [0.15, 0.2) is 0 Å². The zero-order valence-corrected chi connectivity index (χ0v) is 16.4. The number of sulfonamides is 1. The number of furan rings is 1. The van der Waals surface area contributed by atoms with E-state index in [2.05, 4.69) is 10.0 Å². The summed E-state index contributed by atoms with van der Waals surface area (Å²) < 4.78 is 37.3. The van der Waals surface area contributed by atoms with Crippen LogP contribution in [0.15, 0.2) is 51.3 Å². The third kappa shape index (κ3) is 6.06. The fourth-order valence-corrected chi connectivity index (χ4v) is 3.18. The molecule has 148 valence electrons. The van der Waals surface area contributed by atoms with Gasteiger partial charge in [-0.2, -0.15) is 5.26 Å². The van der Waals surface area contributed by atoms with Gasteiger partial charge in [0.05, 0.1) is 18.0 Å². The highest BCUT2D eigenvalue weighted by molar-refractivity contribution is 7.89. The molecule has 0 bridgehead atoms. The number of carbonyl (C=O) groups is 1. The van der Waals surface area contributed by atoms with Gasteiger partial charge in [0.2, 0.25) is 10.0 Å². The van der Waals surface area contributed by atoms with Crippen molar-refractivity contribution in [1.82, 2.24) is 10.0 Å². The SMILES string of the molecule is COCCNC(=O)C(C#N)=Cc1ccc(CNS(=O)(=O)c2ccc(C)cc2)o1. The Morgan fingerprint density at radius 1 is 1.25 bits per heavy atom. The molecule has 9 heteroatoms. The molecule has 1 heterocycles. The van der Waals surface area contributed by atoms with Crippen molar-refractivity contribution in [2.75, 3.05) is 20.3 Å². The molecule has 8 nitrogen and oxygen atoms in total. The van der Waals surface area contributed by atoms with Gasteiger partial charge in [-0.05, 0) is 31.2 Å². The van der Waals surface area contributed by atoms with Crippen molar-refractivity contribution in [2.45, 2.75) is 18.4 Å². The first kappa shape index (κ1) is 21.4. The van der Waals surface area contributed by atoms with E-state index >= 15 is 0 Å². The maximum atomic E-state index is 12.3. The third-order valence-corrected chi connectivity index (χ3v) is 5.11. The number of hydrogen-bond acceptors (Lipinski definition) is 6. The van der Waals surface area contributed by atoms with E-state index in [4.69, 9.17) is 14.4 Å². The number of nitrogens with zero attached hydrogens (tertiary/aromatic N) is 1. The summed E-state index contributed by atoms with van der Waals surface area (Å²) in [6.45, 7) is 2.41. The van der Waals surface area contributed by atoms with Gasteiger partial charge >= 0.3 is 0 Å². The van der Waals surface area contributed by atoms with E-state index < -0.39 is 15.9 Å². The second-order valence-electron chi connectivity index (χ2n) is 5.86. The number of nitrogens with one attached hydrogen (secondary N) is 2. The molecule has 0 atom stereocenters. The zero-order chi connectivity index (χ0) is 20.6. The standard InChI is InChI=1S/C19H21N3O5S/c1-14-3-7-18(8-4-14)28(24,25)22-13-17-6-5-16(27-17)11-15(12-20)19(23)21-9-10-26-2/h3-8,11,22H,9-10,13H2,1-2H3,(H,21,23). The highest BCUT2D eigenvalue weighted by Gasteiger charge is 2.15. The summed E-state index contributed by atoms with van der Waals surface area (Å²) in [5.74, 6) is 0.0690. The Morgan fingerprint density at radius 3 is 2.61 bits per heavy atom. The van der Waals surface area contributed by atoms with Gasteiger partial charge in [0, 0.05) is 19.7 Å². The van der Waals surface area contributed by atoms with Crippen LogP contribution in [-0.4, -0.2) is 34.6 Å². The van der Waals surface area contributed by atoms with Crippen LogP contribution in [0.1, 0.15) is 17.1 Å². The zero-order valence-electron chi connectivity index (χ0n) is 15.6. The normalized spacial score (nSPS) is 11.8. The lowest BCUT2D eigenvalue weighted by atomic mass is 10.2. The van der Waals surface area contributed by atoms with Crippen LogP contribution in [0, 0.1) is 18.3 Å². The number of nitriles is 1. The van der Waals surface area contributed by atoms with Crippen LogP contribution < -0.4 is 10.0 Å². The molecular formula is C19H21N3O5S. The lowest BCUT2D eigenvalue weighted by Crippen LogP contribution is -2.27. The molecule has 28 heavy (non-hydrogen) atoms. The molecule has 2 aromatic rings. The number of rotatable bonds is 9. The number of aryl methyl sites for hydroxylation is 1. The minimum absolute atomic E-state index is 0.0635. The van der Waals surface area contributed by atoms with Crippen LogP contribution in [0.25, 0.3) is 6.08 Å². The van der Waals surface area contributed by atoms with Crippen LogP contribution in [0.3, 0.4) is 0 Å². The summed E-state index contributed by atoms with van der Waals surface area (Å²) in [6, 6.07) is 11.4. The maximum Gasteiger partial charge on any atom is 0.262 e. The first-order valence-corrected chi connectivity index (χ1v) is 9.88. The predicted molar refractivity (Wildman–Crippen MR) is 102 cm³/mol. The molecule has 1 aromatic heterocycles. The molecule has 2 rings (SSSR count). The van der Waals surface area contributed by atoms with Crippen LogP contribution in [0.4, 0.5) is 0 Å². The van der Waals surface area contributed by atoms with Crippen molar-refractivity contribution in [3.05, 3.63) is 59.1 Å². The Balaban J connectivity index is 2.02. The molecule has 0 saturated carbocycles. The van der Waals surface area contributed by atoms with E-state index in [9.17, 15) is 13.2 Å². The van der Waals surface area contributed by atoms with E-state index in [1.807, 2.05) is 6.92 Å². The molecule has 0 aliphatic carbocycles. The summed E-state index contributed by atoms with van der Waals surface area (Å²) in [5, 5.41) is 11.7. The highest BCUT2D eigenvalue weighted by atomic mass is 32.2. The molecule has 1 amide bonds. The van der Waals surface area contributed by atoms with Crippen molar-refractivity contribution >= 4 is 22.0 Å². The molecule has 0 radical (unpaired) electrons. The van der Waals surface area contributed by atoms with E-state index in [0.717, 1.165) is 5.56 Å². The van der Waals surface area contributed by atoms with Crippen molar-refractivity contribution in [2.24, 2.45) is 0 Å². The largest absolute Gasteiger partial charge is 0.460 e. The number of ether oxygens (including phenoxy) is 1. The Morgan fingerprint density at radius 2 is 1.96 bits per heavy atom. The lowest BCUT2D eigenvalue weighted by molar-refractivity contribution is -0.117. The summed E-state index contributed by atoms with van der Waals surface area (Å²) in [6.07, 6.45) is 1.29. The van der Waals surface area contributed by atoms with Crippen molar-refractivity contribution < 1.29 is 22.4 Å². The Bertz CT molecular complexity index is 985. The monoisotopic (exact) mass is 403 g/mol. The van der Waals surface area contributed by atoms with Gasteiger partial charge < -0.3 is 14.5 Å². The number of carbonyl (C=O) groups excluding carboxylic acids is 1. The molecule has 0 aliphatic rings. The number of methoxy groups -OCH3 is 1. The predicted octanol–water partition coefficient (Wildman–Crippen LogP) is 1.74. The number of amides is 1. The van der Waals surface area contributed by atoms with Gasteiger partial charge in [-0.1, -0.05) is 17.7 Å². The summed E-state index contributed by atoms with van der Waals surface area (Å²) in [5.41, 5.74) is 0.832. The summed E-state index contributed by atoms with van der Waals surface area (Å²) in [4.78, 5) is 12.1. The van der Waals surface area contributed by atoms with E-state index in [1.165, 1.54) is 25.3 Å². The lowest BCUT2D eigenvalue weighted by Gasteiger charge is -2.05. The molecule has 0 spiro atoms. The first-order chi connectivity index (χ1) is 13.4. The second-order valence-corrected chi connectivity index (χ2v) is 7.63. The molecule has 0 aliphatic heterocycles. The van der Waals surface area contributed by atoms with Gasteiger partial charge in [-0.15, -0.1) is 0 Å². The molecule has 1 aromatic carbocycles. The Hall–Kier alpha value is -2.93. The fourth-order valence-electron chi connectivity index (χ4n) is 2.19. The van der Waals surface area contributed by atoms with Gasteiger partial charge in [0.25, 0.3) is 5.91 Å². The third-order valence-electron chi connectivity index (χ3n) is 3.69.